The first-order valence-electron chi connectivity index (χ1n) is 5.40. The minimum Gasteiger partial charge on any atom is -0.479 e. The normalized spacial score (nSPS) is 11.8. The second-order valence-corrected chi connectivity index (χ2v) is 4.73. The highest BCUT2D eigenvalue weighted by Crippen LogP contribution is 2.25. The van der Waals surface area contributed by atoms with Gasteiger partial charge in [-0.15, -0.1) is 11.3 Å². The van der Waals surface area contributed by atoms with Crippen LogP contribution < -0.4 is 4.84 Å². The minimum atomic E-state index is 0.516. The number of aromatic nitrogens is 1. The molecule has 0 bridgehead atoms. The number of benzene rings is 1. The van der Waals surface area contributed by atoms with Gasteiger partial charge in [-0.2, -0.15) is 0 Å². The third-order valence-corrected chi connectivity index (χ3v) is 3.05. The second kappa shape index (κ2) is 5.14. The van der Waals surface area contributed by atoms with Crippen molar-refractivity contribution in [1.29, 1.82) is 0 Å². The first-order chi connectivity index (χ1) is 8.19. The molecular formula is C12H14N2O2S. The van der Waals surface area contributed by atoms with Crippen LogP contribution in [0.4, 0.5) is 0 Å². The van der Waals surface area contributed by atoms with Crippen LogP contribution in [0.2, 0.25) is 0 Å². The summed E-state index contributed by atoms with van der Waals surface area (Å²) in [5.41, 5.74) is 0.939. The largest absolute Gasteiger partial charge is 0.479 e. The fourth-order valence-corrected chi connectivity index (χ4v) is 2.24. The lowest BCUT2D eigenvalue weighted by Gasteiger charge is -2.01. The summed E-state index contributed by atoms with van der Waals surface area (Å²) in [6, 6.07) is 5.74. The number of ether oxygens (including phenoxy) is 1. The molecule has 17 heavy (non-hydrogen) atoms. The van der Waals surface area contributed by atoms with Crippen LogP contribution in [0, 0.1) is 6.92 Å². The summed E-state index contributed by atoms with van der Waals surface area (Å²) in [4.78, 5) is 9.66. The van der Waals surface area contributed by atoms with Crippen LogP contribution in [0.3, 0.4) is 0 Å². The molecule has 0 saturated heterocycles. The van der Waals surface area contributed by atoms with Crippen molar-refractivity contribution < 1.29 is 9.57 Å². The van der Waals surface area contributed by atoms with Crippen molar-refractivity contribution in [3.63, 3.8) is 0 Å². The smallest absolute Gasteiger partial charge is 0.223 e. The topological polar surface area (TPSA) is 43.7 Å². The maximum absolute atomic E-state index is 5.27. The summed E-state index contributed by atoms with van der Waals surface area (Å²) in [6.45, 7) is 6.24. The first-order valence-corrected chi connectivity index (χ1v) is 6.22. The van der Waals surface area contributed by atoms with Gasteiger partial charge in [0.25, 0.3) is 0 Å². The van der Waals surface area contributed by atoms with Gasteiger partial charge in [0, 0.05) is 13.0 Å². The van der Waals surface area contributed by atoms with E-state index in [4.69, 9.17) is 9.57 Å². The van der Waals surface area contributed by atoms with Crippen molar-refractivity contribution in [1.82, 2.24) is 4.98 Å². The molecule has 2 aromatic rings. The molecule has 0 spiro atoms. The van der Waals surface area contributed by atoms with Gasteiger partial charge in [0.1, 0.15) is 0 Å². The van der Waals surface area contributed by atoms with Gasteiger partial charge in [-0.25, -0.2) is 4.98 Å². The van der Waals surface area contributed by atoms with Crippen molar-refractivity contribution in [2.45, 2.75) is 20.8 Å². The highest BCUT2D eigenvalue weighted by molar-refractivity contribution is 7.18. The Morgan fingerprint density at radius 1 is 1.47 bits per heavy atom. The van der Waals surface area contributed by atoms with Crippen molar-refractivity contribution in [3.8, 4) is 5.75 Å². The Labute approximate surface area is 104 Å². The molecule has 0 aliphatic carbocycles. The summed E-state index contributed by atoms with van der Waals surface area (Å²) < 4.78 is 6.32. The van der Waals surface area contributed by atoms with Gasteiger partial charge in [0.2, 0.25) is 5.90 Å². The molecule has 1 aromatic carbocycles. The number of aryl methyl sites for hydroxylation is 1. The number of hydrogen-bond donors (Lipinski definition) is 0. The zero-order valence-corrected chi connectivity index (χ0v) is 10.9. The van der Waals surface area contributed by atoms with Crippen LogP contribution in [-0.2, 0) is 4.74 Å². The molecule has 0 aliphatic heterocycles. The van der Waals surface area contributed by atoms with E-state index in [0.717, 1.165) is 15.2 Å². The zero-order valence-electron chi connectivity index (χ0n) is 10.1. The van der Waals surface area contributed by atoms with Crippen LogP contribution >= 0.6 is 11.3 Å². The number of thiazole rings is 1. The van der Waals surface area contributed by atoms with Crippen molar-refractivity contribution in [2.24, 2.45) is 5.16 Å². The average Bonchev–Trinajstić information content (AvgIpc) is 2.66. The summed E-state index contributed by atoms with van der Waals surface area (Å²) in [5.74, 6) is 1.18. The average molecular weight is 250 g/mol. The molecule has 4 nitrogen and oxygen atoms in total. The highest BCUT2D eigenvalue weighted by Gasteiger charge is 2.02. The molecule has 90 valence electrons. The summed E-state index contributed by atoms with van der Waals surface area (Å²) in [6.07, 6.45) is 0. The van der Waals surface area contributed by atoms with E-state index in [1.807, 2.05) is 32.0 Å². The molecule has 0 unspecified atom stereocenters. The third-order valence-electron chi connectivity index (χ3n) is 2.10. The monoisotopic (exact) mass is 250 g/mol. The molecule has 5 heteroatoms. The van der Waals surface area contributed by atoms with Crippen molar-refractivity contribution in [3.05, 3.63) is 23.2 Å². The van der Waals surface area contributed by atoms with Crippen LogP contribution in [0.15, 0.2) is 23.4 Å². The Bertz CT molecular complexity index is 548. The Balaban J connectivity index is 2.16. The molecule has 0 fully saturated rings. The molecule has 1 heterocycles. The number of nitrogens with zero attached hydrogens (tertiary/aromatic N) is 2. The van der Waals surface area contributed by atoms with Gasteiger partial charge in [0.05, 0.1) is 21.8 Å². The van der Waals surface area contributed by atoms with Gasteiger partial charge < -0.3 is 9.57 Å². The number of fused-ring (bicyclic) bond motifs is 1. The predicted octanol–water partition coefficient (Wildman–Crippen LogP) is 3.35. The molecule has 0 N–H and O–H groups in total. The quantitative estimate of drug-likeness (QED) is 0.476. The maximum atomic E-state index is 5.27. The fourth-order valence-electron chi connectivity index (χ4n) is 1.43. The lowest BCUT2D eigenvalue weighted by Crippen LogP contribution is -2.00. The van der Waals surface area contributed by atoms with E-state index < -0.39 is 0 Å². The summed E-state index contributed by atoms with van der Waals surface area (Å²) >= 11 is 1.67. The second-order valence-electron chi connectivity index (χ2n) is 3.50. The Kier molecular flexibility index (Phi) is 3.58. The van der Waals surface area contributed by atoms with Gasteiger partial charge in [-0.05, 0) is 31.1 Å². The standard InChI is InChI=1S/C12H14N2O2S/c1-4-15-8(2)14-16-10-5-6-12-11(7-10)13-9(3)17-12/h5-7H,4H2,1-3H3/b14-8-. The van der Waals surface area contributed by atoms with E-state index in [2.05, 4.69) is 10.1 Å². The number of hydrogen-bond acceptors (Lipinski definition) is 5. The Hall–Kier alpha value is -1.62. The van der Waals surface area contributed by atoms with Crippen LogP contribution in [0.25, 0.3) is 10.2 Å². The molecule has 1 aromatic heterocycles. The summed E-state index contributed by atoms with van der Waals surface area (Å²) in [5, 5.41) is 4.92. The number of oxime groups is 1. The van der Waals surface area contributed by atoms with Crippen molar-refractivity contribution in [2.75, 3.05) is 6.61 Å². The van der Waals surface area contributed by atoms with E-state index in [-0.39, 0.29) is 0 Å². The highest BCUT2D eigenvalue weighted by atomic mass is 32.1. The van der Waals surface area contributed by atoms with E-state index in [1.165, 1.54) is 0 Å². The lowest BCUT2D eigenvalue weighted by molar-refractivity contribution is 0.276. The Morgan fingerprint density at radius 3 is 3.06 bits per heavy atom. The maximum Gasteiger partial charge on any atom is 0.223 e. The van der Waals surface area contributed by atoms with E-state index in [9.17, 15) is 0 Å². The van der Waals surface area contributed by atoms with Gasteiger partial charge in [-0.3, -0.25) is 0 Å². The molecule has 2 rings (SSSR count). The van der Waals surface area contributed by atoms with Crippen molar-refractivity contribution >= 4 is 27.5 Å². The predicted molar refractivity (Wildman–Crippen MR) is 69.7 cm³/mol. The summed E-state index contributed by atoms with van der Waals surface area (Å²) in [7, 11) is 0. The van der Waals surface area contributed by atoms with Crippen LogP contribution in [0.1, 0.15) is 18.9 Å². The number of rotatable bonds is 3. The molecule has 0 atom stereocenters. The van der Waals surface area contributed by atoms with Crippen LogP contribution in [0.5, 0.6) is 5.75 Å². The molecule has 0 amide bonds. The van der Waals surface area contributed by atoms with Gasteiger partial charge in [-0.1, -0.05) is 0 Å². The molecular weight excluding hydrogens is 236 g/mol. The molecule has 0 aliphatic rings. The SMILES string of the molecule is CCO/C(C)=N\Oc1ccc2sc(C)nc2c1. The van der Waals surface area contributed by atoms with Crippen LogP contribution in [-0.4, -0.2) is 17.5 Å². The van der Waals surface area contributed by atoms with E-state index in [1.54, 1.807) is 18.3 Å². The van der Waals surface area contributed by atoms with Gasteiger partial charge in [0.15, 0.2) is 5.75 Å². The lowest BCUT2D eigenvalue weighted by atomic mass is 10.3. The first kappa shape index (κ1) is 11.9. The van der Waals surface area contributed by atoms with Gasteiger partial charge >= 0.3 is 0 Å². The third kappa shape index (κ3) is 2.94. The minimum absolute atomic E-state index is 0.516. The molecule has 0 saturated carbocycles. The van der Waals surface area contributed by atoms with E-state index >= 15 is 0 Å². The Morgan fingerprint density at radius 2 is 2.29 bits per heavy atom. The zero-order chi connectivity index (χ0) is 12.3. The molecule has 0 radical (unpaired) electrons. The fraction of sp³-hybridized carbons (Fsp3) is 0.333. The van der Waals surface area contributed by atoms with E-state index in [0.29, 0.717) is 18.3 Å².